The summed E-state index contributed by atoms with van der Waals surface area (Å²) in [6.45, 7) is 0. The van der Waals surface area contributed by atoms with Crippen molar-refractivity contribution in [3.05, 3.63) is 89.7 Å². The number of carbonyl (C=O) groups is 1. The number of thioether (sulfide) groups is 1. The first-order valence-electron chi connectivity index (χ1n) is 8.07. The molecule has 3 aromatic rings. The maximum Gasteiger partial charge on any atom is 0.255 e. The number of rotatable bonds is 6. The molecule has 0 unspecified atom stereocenters. The van der Waals surface area contributed by atoms with Crippen molar-refractivity contribution in [2.45, 2.75) is 10.6 Å². The fourth-order valence-electron chi connectivity index (χ4n) is 2.41. The van der Waals surface area contributed by atoms with Crippen molar-refractivity contribution in [2.75, 3.05) is 12.4 Å². The highest BCUT2D eigenvalue weighted by Gasteiger charge is 2.08. The molecule has 26 heavy (non-hydrogen) atoms. The third-order valence-corrected chi connectivity index (χ3v) is 4.82. The van der Waals surface area contributed by atoms with Crippen molar-refractivity contribution in [1.82, 2.24) is 0 Å². The van der Waals surface area contributed by atoms with Crippen molar-refractivity contribution < 1.29 is 13.9 Å². The maximum atomic E-state index is 13.7. The van der Waals surface area contributed by atoms with Gasteiger partial charge >= 0.3 is 0 Å². The molecule has 0 aliphatic rings. The van der Waals surface area contributed by atoms with Crippen LogP contribution in [0.2, 0.25) is 0 Å². The van der Waals surface area contributed by atoms with Crippen LogP contribution in [-0.4, -0.2) is 13.0 Å². The number of ether oxygens (including phenoxy) is 1. The zero-order valence-electron chi connectivity index (χ0n) is 14.2. The molecule has 0 atom stereocenters. The predicted molar refractivity (Wildman–Crippen MR) is 103 cm³/mol. The smallest absolute Gasteiger partial charge is 0.255 e. The molecule has 3 aromatic carbocycles. The van der Waals surface area contributed by atoms with E-state index in [1.165, 1.54) is 17.8 Å². The summed E-state index contributed by atoms with van der Waals surface area (Å²) in [4.78, 5) is 13.3. The zero-order valence-corrected chi connectivity index (χ0v) is 15.1. The van der Waals surface area contributed by atoms with Gasteiger partial charge in [0.2, 0.25) is 0 Å². The van der Waals surface area contributed by atoms with Gasteiger partial charge in [-0.15, -0.1) is 11.8 Å². The summed E-state index contributed by atoms with van der Waals surface area (Å²) < 4.78 is 18.9. The number of halogens is 1. The van der Waals surface area contributed by atoms with Crippen LogP contribution in [0.25, 0.3) is 0 Å². The number of hydrogen-bond donors (Lipinski definition) is 1. The average molecular weight is 367 g/mol. The van der Waals surface area contributed by atoms with Gasteiger partial charge < -0.3 is 10.1 Å². The number of carbonyl (C=O) groups excluding carboxylic acids is 1. The Morgan fingerprint density at radius 1 is 1.04 bits per heavy atom. The van der Waals surface area contributed by atoms with Crippen molar-refractivity contribution in [3.63, 3.8) is 0 Å². The second-order valence-electron chi connectivity index (χ2n) is 5.59. The topological polar surface area (TPSA) is 38.3 Å². The third kappa shape index (κ3) is 4.64. The molecule has 0 fully saturated rings. The largest absolute Gasteiger partial charge is 0.497 e. The molecule has 0 saturated heterocycles. The SMILES string of the molecule is COc1cccc(C(=O)Nc2cccc(SCc3ccccc3F)c2)c1. The molecule has 0 aliphatic heterocycles. The molecule has 0 saturated carbocycles. The van der Waals surface area contributed by atoms with Gasteiger partial charge in [0.15, 0.2) is 0 Å². The Bertz CT molecular complexity index is 914. The van der Waals surface area contributed by atoms with Crippen LogP contribution in [-0.2, 0) is 5.75 Å². The summed E-state index contributed by atoms with van der Waals surface area (Å²) in [7, 11) is 1.56. The van der Waals surface area contributed by atoms with Crippen LogP contribution in [0, 0.1) is 5.82 Å². The summed E-state index contributed by atoms with van der Waals surface area (Å²) in [6.07, 6.45) is 0. The van der Waals surface area contributed by atoms with Crippen LogP contribution < -0.4 is 10.1 Å². The minimum Gasteiger partial charge on any atom is -0.497 e. The summed E-state index contributed by atoms with van der Waals surface area (Å²) in [6, 6.07) is 21.2. The van der Waals surface area contributed by atoms with E-state index in [4.69, 9.17) is 4.74 Å². The van der Waals surface area contributed by atoms with Gasteiger partial charge in [0.05, 0.1) is 7.11 Å². The molecule has 0 bridgehead atoms. The summed E-state index contributed by atoms with van der Waals surface area (Å²) in [5.74, 6) is 0.745. The fraction of sp³-hybridized carbons (Fsp3) is 0.0952. The minimum atomic E-state index is -0.208. The van der Waals surface area contributed by atoms with Gasteiger partial charge in [0.1, 0.15) is 11.6 Å². The Hall–Kier alpha value is -2.79. The van der Waals surface area contributed by atoms with E-state index in [2.05, 4.69) is 5.32 Å². The van der Waals surface area contributed by atoms with Crippen LogP contribution in [0.4, 0.5) is 10.1 Å². The first kappa shape index (κ1) is 18.0. The minimum absolute atomic E-state index is 0.206. The first-order valence-corrected chi connectivity index (χ1v) is 9.06. The number of hydrogen-bond acceptors (Lipinski definition) is 3. The van der Waals surface area contributed by atoms with Gasteiger partial charge in [-0.2, -0.15) is 0 Å². The van der Waals surface area contributed by atoms with E-state index >= 15 is 0 Å². The molecule has 0 spiro atoms. The summed E-state index contributed by atoms with van der Waals surface area (Å²) in [5, 5.41) is 2.88. The van der Waals surface area contributed by atoms with Crippen molar-refractivity contribution in [2.24, 2.45) is 0 Å². The van der Waals surface area contributed by atoms with Gasteiger partial charge in [0, 0.05) is 21.9 Å². The van der Waals surface area contributed by atoms with E-state index in [0.29, 0.717) is 28.3 Å². The maximum absolute atomic E-state index is 13.7. The molecule has 1 amide bonds. The number of benzene rings is 3. The Kier molecular flexibility index (Phi) is 5.92. The lowest BCUT2D eigenvalue weighted by Gasteiger charge is -2.09. The highest BCUT2D eigenvalue weighted by Crippen LogP contribution is 2.26. The molecule has 3 rings (SSSR count). The molecule has 0 aromatic heterocycles. The van der Waals surface area contributed by atoms with Crippen LogP contribution in [0.3, 0.4) is 0 Å². The molecule has 0 aliphatic carbocycles. The van der Waals surface area contributed by atoms with Crippen LogP contribution in [0.1, 0.15) is 15.9 Å². The van der Waals surface area contributed by atoms with E-state index in [-0.39, 0.29) is 11.7 Å². The van der Waals surface area contributed by atoms with E-state index in [0.717, 1.165) is 4.90 Å². The summed E-state index contributed by atoms with van der Waals surface area (Å²) >= 11 is 1.52. The van der Waals surface area contributed by atoms with Crippen LogP contribution >= 0.6 is 11.8 Å². The van der Waals surface area contributed by atoms with Gasteiger partial charge in [-0.3, -0.25) is 4.79 Å². The molecule has 1 N–H and O–H groups in total. The highest BCUT2D eigenvalue weighted by molar-refractivity contribution is 7.98. The standard InChI is InChI=1S/C21H18FNO2S/c1-25-18-9-4-7-15(12-18)21(24)23-17-8-5-10-19(13-17)26-14-16-6-2-3-11-20(16)22/h2-13H,14H2,1H3,(H,23,24). The Labute approximate surface area is 156 Å². The molecule has 5 heteroatoms. The molecule has 0 radical (unpaired) electrons. The van der Waals surface area contributed by atoms with Crippen molar-refractivity contribution >= 4 is 23.4 Å². The van der Waals surface area contributed by atoms with Gasteiger partial charge in [-0.25, -0.2) is 4.39 Å². The fourth-order valence-corrected chi connectivity index (χ4v) is 3.35. The second kappa shape index (κ2) is 8.54. The predicted octanol–water partition coefficient (Wildman–Crippen LogP) is 5.38. The Morgan fingerprint density at radius 3 is 2.65 bits per heavy atom. The first-order chi connectivity index (χ1) is 12.7. The number of nitrogens with one attached hydrogen (secondary N) is 1. The molecule has 132 valence electrons. The van der Waals surface area contributed by atoms with Crippen LogP contribution in [0.15, 0.2) is 77.7 Å². The zero-order chi connectivity index (χ0) is 18.4. The van der Waals surface area contributed by atoms with Crippen molar-refractivity contribution in [1.29, 1.82) is 0 Å². The number of methoxy groups -OCH3 is 1. The molecule has 3 nitrogen and oxygen atoms in total. The number of anilines is 1. The quantitative estimate of drug-likeness (QED) is 0.595. The second-order valence-corrected chi connectivity index (χ2v) is 6.64. The lowest BCUT2D eigenvalue weighted by molar-refractivity contribution is 0.102. The molecule has 0 heterocycles. The molecular formula is C21H18FNO2S. The normalized spacial score (nSPS) is 10.4. The van der Waals surface area contributed by atoms with Crippen molar-refractivity contribution in [3.8, 4) is 5.75 Å². The number of amides is 1. The highest BCUT2D eigenvalue weighted by atomic mass is 32.2. The average Bonchev–Trinajstić information content (AvgIpc) is 2.67. The molecular weight excluding hydrogens is 349 g/mol. The lowest BCUT2D eigenvalue weighted by Crippen LogP contribution is -2.11. The van der Waals surface area contributed by atoms with Gasteiger partial charge in [0.25, 0.3) is 5.91 Å². The van der Waals surface area contributed by atoms with Gasteiger partial charge in [-0.1, -0.05) is 30.3 Å². The summed E-state index contributed by atoms with van der Waals surface area (Å²) in [5.41, 5.74) is 1.87. The van der Waals surface area contributed by atoms with Gasteiger partial charge in [-0.05, 0) is 48.0 Å². The third-order valence-electron chi connectivity index (χ3n) is 3.78. The van der Waals surface area contributed by atoms with E-state index in [1.807, 2.05) is 30.3 Å². The lowest BCUT2D eigenvalue weighted by atomic mass is 10.2. The monoisotopic (exact) mass is 367 g/mol. The Balaban J connectivity index is 1.67. The van der Waals surface area contributed by atoms with E-state index < -0.39 is 0 Å². The van der Waals surface area contributed by atoms with Crippen LogP contribution in [0.5, 0.6) is 5.75 Å². The van der Waals surface area contributed by atoms with E-state index in [1.54, 1.807) is 43.5 Å². The Morgan fingerprint density at radius 2 is 1.85 bits per heavy atom. The van der Waals surface area contributed by atoms with E-state index in [9.17, 15) is 9.18 Å².